The lowest BCUT2D eigenvalue weighted by molar-refractivity contribution is 0.0953. The van der Waals surface area contributed by atoms with Gasteiger partial charge in [-0.15, -0.1) is 0 Å². The van der Waals surface area contributed by atoms with Crippen molar-refractivity contribution in [1.82, 2.24) is 5.32 Å². The molecule has 0 heterocycles. The van der Waals surface area contributed by atoms with E-state index in [4.69, 9.17) is 0 Å². The SMILES string of the molecule is CCN(CCCNC(=O)c1cccc(S(=O)(=O)Nc2ccccc2F)c1)c1ccccc1. The van der Waals surface area contributed by atoms with Crippen molar-refractivity contribution in [3.63, 3.8) is 0 Å². The first-order chi connectivity index (χ1) is 15.4. The molecule has 0 radical (unpaired) electrons. The number of rotatable bonds is 10. The predicted molar refractivity (Wildman–Crippen MR) is 125 cm³/mol. The van der Waals surface area contributed by atoms with Crippen molar-refractivity contribution in [2.75, 3.05) is 29.3 Å². The normalized spacial score (nSPS) is 11.1. The molecule has 0 saturated carbocycles. The summed E-state index contributed by atoms with van der Waals surface area (Å²) in [4.78, 5) is 14.6. The van der Waals surface area contributed by atoms with Crippen LogP contribution in [-0.4, -0.2) is 34.0 Å². The molecule has 3 aromatic rings. The van der Waals surface area contributed by atoms with Crippen LogP contribution in [0.4, 0.5) is 15.8 Å². The summed E-state index contributed by atoms with van der Waals surface area (Å²) in [6.45, 7) is 4.16. The van der Waals surface area contributed by atoms with Crippen molar-refractivity contribution < 1.29 is 17.6 Å². The van der Waals surface area contributed by atoms with Crippen molar-refractivity contribution in [2.24, 2.45) is 0 Å². The van der Waals surface area contributed by atoms with Crippen LogP contribution in [0.1, 0.15) is 23.7 Å². The first-order valence-electron chi connectivity index (χ1n) is 10.4. The van der Waals surface area contributed by atoms with Gasteiger partial charge in [0.25, 0.3) is 15.9 Å². The quantitative estimate of drug-likeness (QED) is 0.448. The third kappa shape index (κ3) is 6.07. The minimum atomic E-state index is -4.04. The molecule has 0 aliphatic carbocycles. The average molecular weight is 456 g/mol. The molecule has 8 heteroatoms. The summed E-state index contributed by atoms with van der Waals surface area (Å²) in [6.07, 6.45) is 0.737. The van der Waals surface area contributed by atoms with E-state index >= 15 is 0 Å². The van der Waals surface area contributed by atoms with Crippen LogP contribution in [0.15, 0.2) is 83.8 Å². The zero-order valence-electron chi connectivity index (χ0n) is 17.8. The van der Waals surface area contributed by atoms with Crippen LogP contribution < -0.4 is 14.9 Å². The molecule has 0 atom stereocenters. The van der Waals surface area contributed by atoms with Crippen molar-refractivity contribution in [2.45, 2.75) is 18.2 Å². The first kappa shape index (κ1) is 23.3. The minimum absolute atomic E-state index is 0.116. The summed E-state index contributed by atoms with van der Waals surface area (Å²) < 4.78 is 41.3. The van der Waals surface area contributed by atoms with Gasteiger partial charge in [-0.1, -0.05) is 36.4 Å². The highest BCUT2D eigenvalue weighted by molar-refractivity contribution is 7.92. The van der Waals surface area contributed by atoms with Gasteiger partial charge in [0.2, 0.25) is 0 Å². The monoisotopic (exact) mass is 455 g/mol. The number of hydrogen-bond acceptors (Lipinski definition) is 4. The fraction of sp³-hybridized carbons (Fsp3) is 0.208. The molecule has 32 heavy (non-hydrogen) atoms. The number of carbonyl (C=O) groups is 1. The van der Waals surface area contributed by atoms with E-state index in [1.165, 1.54) is 42.5 Å². The van der Waals surface area contributed by atoms with Crippen LogP contribution in [0.2, 0.25) is 0 Å². The van der Waals surface area contributed by atoms with Crippen LogP contribution in [-0.2, 0) is 10.0 Å². The molecular weight excluding hydrogens is 429 g/mol. The Morgan fingerprint density at radius 1 is 0.969 bits per heavy atom. The lowest BCUT2D eigenvalue weighted by Gasteiger charge is -2.23. The maximum atomic E-state index is 13.8. The van der Waals surface area contributed by atoms with Crippen molar-refractivity contribution in [3.05, 3.63) is 90.2 Å². The molecule has 2 N–H and O–H groups in total. The molecule has 0 bridgehead atoms. The highest BCUT2D eigenvalue weighted by Crippen LogP contribution is 2.19. The second kappa shape index (κ2) is 10.8. The molecule has 0 unspecified atom stereocenters. The number of sulfonamides is 1. The number of carbonyl (C=O) groups excluding carboxylic acids is 1. The van der Waals surface area contributed by atoms with Gasteiger partial charge < -0.3 is 10.2 Å². The summed E-state index contributed by atoms with van der Waals surface area (Å²) in [6, 6.07) is 21.2. The molecule has 0 fully saturated rings. The summed E-state index contributed by atoms with van der Waals surface area (Å²) in [5.74, 6) is -1.04. The third-order valence-electron chi connectivity index (χ3n) is 4.92. The molecule has 0 saturated heterocycles. The number of anilines is 2. The number of halogens is 1. The van der Waals surface area contributed by atoms with E-state index in [9.17, 15) is 17.6 Å². The summed E-state index contributed by atoms with van der Waals surface area (Å²) in [5.41, 5.74) is 1.19. The number of para-hydroxylation sites is 2. The molecule has 0 aromatic heterocycles. The Morgan fingerprint density at radius 3 is 2.41 bits per heavy atom. The Hall–Kier alpha value is -3.39. The Bertz CT molecular complexity index is 1150. The van der Waals surface area contributed by atoms with E-state index in [0.717, 1.165) is 25.2 Å². The van der Waals surface area contributed by atoms with E-state index in [0.29, 0.717) is 6.54 Å². The largest absolute Gasteiger partial charge is 0.372 e. The number of nitrogens with zero attached hydrogens (tertiary/aromatic N) is 1. The van der Waals surface area contributed by atoms with Gasteiger partial charge in [-0.2, -0.15) is 0 Å². The van der Waals surface area contributed by atoms with E-state index in [-0.39, 0.29) is 22.1 Å². The van der Waals surface area contributed by atoms with Crippen molar-refractivity contribution in [3.8, 4) is 0 Å². The van der Waals surface area contributed by atoms with Crippen LogP contribution in [0.3, 0.4) is 0 Å². The lowest BCUT2D eigenvalue weighted by atomic mass is 10.2. The molecule has 0 aliphatic rings. The second-order valence-corrected chi connectivity index (χ2v) is 8.82. The fourth-order valence-corrected chi connectivity index (χ4v) is 4.35. The van der Waals surface area contributed by atoms with Gasteiger partial charge in [0.05, 0.1) is 10.6 Å². The van der Waals surface area contributed by atoms with Gasteiger partial charge in [-0.05, 0) is 55.8 Å². The number of amides is 1. The third-order valence-corrected chi connectivity index (χ3v) is 6.28. The van der Waals surface area contributed by atoms with Gasteiger partial charge in [0, 0.05) is 30.9 Å². The van der Waals surface area contributed by atoms with E-state index in [1.54, 1.807) is 6.07 Å². The minimum Gasteiger partial charge on any atom is -0.372 e. The van der Waals surface area contributed by atoms with Crippen LogP contribution in [0, 0.1) is 5.82 Å². The maximum absolute atomic E-state index is 13.8. The van der Waals surface area contributed by atoms with Gasteiger partial charge in [-0.3, -0.25) is 9.52 Å². The van der Waals surface area contributed by atoms with E-state index < -0.39 is 15.8 Å². The molecule has 168 valence electrons. The topological polar surface area (TPSA) is 78.5 Å². The smallest absolute Gasteiger partial charge is 0.262 e. The highest BCUT2D eigenvalue weighted by Gasteiger charge is 2.18. The summed E-state index contributed by atoms with van der Waals surface area (Å²) >= 11 is 0. The molecule has 1 amide bonds. The lowest BCUT2D eigenvalue weighted by Crippen LogP contribution is -2.30. The Morgan fingerprint density at radius 2 is 1.69 bits per heavy atom. The fourth-order valence-electron chi connectivity index (χ4n) is 3.23. The number of benzene rings is 3. The highest BCUT2D eigenvalue weighted by atomic mass is 32.2. The predicted octanol–water partition coefficient (Wildman–Crippen LogP) is 4.27. The van der Waals surface area contributed by atoms with Crippen molar-refractivity contribution in [1.29, 1.82) is 0 Å². The van der Waals surface area contributed by atoms with Crippen LogP contribution in [0.25, 0.3) is 0 Å². The number of hydrogen-bond donors (Lipinski definition) is 2. The standard InChI is InChI=1S/C24H26FN3O3S/c1-2-28(20-11-4-3-5-12-20)17-9-16-26-24(29)19-10-8-13-21(18-19)32(30,31)27-23-15-7-6-14-22(23)25/h3-8,10-15,18,27H,2,9,16-17H2,1H3,(H,26,29). The molecule has 3 aromatic carbocycles. The van der Waals surface area contributed by atoms with E-state index in [1.807, 2.05) is 30.3 Å². The maximum Gasteiger partial charge on any atom is 0.262 e. The number of nitrogens with one attached hydrogen (secondary N) is 2. The Balaban J connectivity index is 1.58. The van der Waals surface area contributed by atoms with Crippen LogP contribution >= 0.6 is 0 Å². The molecule has 3 rings (SSSR count). The first-order valence-corrected chi connectivity index (χ1v) is 11.8. The average Bonchev–Trinajstić information content (AvgIpc) is 2.81. The zero-order valence-corrected chi connectivity index (χ0v) is 18.6. The van der Waals surface area contributed by atoms with Gasteiger partial charge >= 0.3 is 0 Å². The summed E-state index contributed by atoms with van der Waals surface area (Å²) in [7, 11) is -4.04. The van der Waals surface area contributed by atoms with Gasteiger partial charge in [0.1, 0.15) is 5.82 Å². The Kier molecular flexibility index (Phi) is 7.83. The van der Waals surface area contributed by atoms with Crippen LogP contribution in [0.5, 0.6) is 0 Å². The van der Waals surface area contributed by atoms with Gasteiger partial charge in [-0.25, -0.2) is 12.8 Å². The van der Waals surface area contributed by atoms with E-state index in [2.05, 4.69) is 21.9 Å². The summed E-state index contributed by atoms with van der Waals surface area (Å²) in [5, 5.41) is 2.83. The second-order valence-electron chi connectivity index (χ2n) is 7.14. The molecular formula is C24H26FN3O3S. The molecule has 0 spiro atoms. The molecule has 0 aliphatic heterocycles. The molecule has 6 nitrogen and oxygen atoms in total. The Labute approximate surface area is 188 Å². The van der Waals surface area contributed by atoms with Gasteiger partial charge in [0.15, 0.2) is 0 Å². The zero-order chi connectivity index (χ0) is 23.0. The van der Waals surface area contributed by atoms with Crippen molar-refractivity contribution >= 4 is 27.3 Å².